The lowest BCUT2D eigenvalue weighted by Crippen LogP contribution is -1.93. The second-order valence-corrected chi connectivity index (χ2v) is 3.97. The molecule has 0 radical (unpaired) electrons. The van der Waals surface area contributed by atoms with Crippen LogP contribution in [0.4, 0.5) is 5.69 Å². The van der Waals surface area contributed by atoms with Gasteiger partial charge in [0.15, 0.2) is 0 Å². The maximum atomic E-state index is 4.38. The molecule has 1 N–H and O–H groups in total. The first-order valence-electron chi connectivity index (χ1n) is 5.48. The number of hydrogen-bond donors (Lipinski definition) is 1. The number of nitrogens with zero attached hydrogens (tertiary/aromatic N) is 2. The van der Waals surface area contributed by atoms with Crippen LogP contribution in [0.3, 0.4) is 0 Å². The van der Waals surface area contributed by atoms with E-state index in [4.69, 9.17) is 0 Å². The van der Waals surface area contributed by atoms with E-state index in [1.165, 1.54) is 0 Å². The number of nitrogens with one attached hydrogen (secondary N) is 1. The minimum atomic E-state index is 0.784. The third kappa shape index (κ3) is 2.91. The van der Waals surface area contributed by atoms with Crippen LogP contribution in [0, 0.1) is 6.92 Å². The van der Waals surface area contributed by atoms with E-state index in [9.17, 15) is 0 Å². The topological polar surface area (TPSA) is 37.8 Å². The molecule has 0 aliphatic rings. The summed E-state index contributed by atoms with van der Waals surface area (Å²) in [6.45, 7) is 7.63. The standard InChI is InChI=1S/C14H15N3/c1-10(2)16-13-6-4-12(5-7-13)14-8-9-15-11(3)17-14/h4-9,16H,1H2,2-3H3. The van der Waals surface area contributed by atoms with E-state index < -0.39 is 0 Å². The van der Waals surface area contributed by atoms with Gasteiger partial charge in [-0.25, -0.2) is 9.97 Å². The van der Waals surface area contributed by atoms with Gasteiger partial charge < -0.3 is 5.32 Å². The Balaban J connectivity index is 2.26. The molecule has 0 aliphatic carbocycles. The molecule has 1 aromatic heterocycles. The number of anilines is 1. The lowest BCUT2D eigenvalue weighted by atomic mass is 10.1. The van der Waals surface area contributed by atoms with Crippen LogP contribution in [-0.4, -0.2) is 9.97 Å². The highest BCUT2D eigenvalue weighted by molar-refractivity contribution is 5.63. The molecule has 3 nitrogen and oxygen atoms in total. The molecule has 2 rings (SSSR count). The Morgan fingerprint density at radius 1 is 1.18 bits per heavy atom. The van der Waals surface area contributed by atoms with Gasteiger partial charge in [-0.15, -0.1) is 0 Å². The first-order valence-corrected chi connectivity index (χ1v) is 5.48. The summed E-state index contributed by atoms with van der Waals surface area (Å²) in [5.41, 5.74) is 3.99. The summed E-state index contributed by atoms with van der Waals surface area (Å²) in [5, 5.41) is 3.17. The molecule has 0 unspecified atom stereocenters. The van der Waals surface area contributed by atoms with Crippen LogP contribution in [0.15, 0.2) is 48.8 Å². The van der Waals surface area contributed by atoms with Crippen LogP contribution in [0.5, 0.6) is 0 Å². The molecule has 0 fully saturated rings. The van der Waals surface area contributed by atoms with Crippen molar-refractivity contribution in [1.82, 2.24) is 9.97 Å². The first kappa shape index (κ1) is 11.3. The van der Waals surface area contributed by atoms with Crippen molar-refractivity contribution in [2.24, 2.45) is 0 Å². The van der Waals surface area contributed by atoms with Gasteiger partial charge in [-0.3, -0.25) is 0 Å². The van der Waals surface area contributed by atoms with Crippen molar-refractivity contribution in [1.29, 1.82) is 0 Å². The average Bonchev–Trinajstić information content (AvgIpc) is 2.29. The van der Waals surface area contributed by atoms with Gasteiger partial charge in [-0.2, -0.15) is 0 Å². The van der Waals surface area contributed by atoms with Gasteiger partial charge in [-0.1, -0.05) is 18.7 Å². The zero-order chi connectivity index (χ0) is 12.3. The Kier molecular flexibility index (Phi) is 3.19. The Bertz CT molecular complexity index is 529. The van der Waals surface area contributed by atoms with Gasteiger partial charge >= 0.3 is 0 Å². The molecule has 0 bridgehead atoms. The average molecular weight is 225 g/mol. The van der Waals surface area contributed by atoms with Crippen molar-refractivity contribution in [2.75, 3.05) is 5.32 Å². The van der Waals surface area contributed by atoms with E-state index in [1.807, 2.05) is 44.2 Å². The molecule has 17 heavy (non-hydrogen) atoms. The molecular weight excluding hydrogens is 210 g/mol. The SMILES string of the molecule is C=C(C)Nc1ccc(-c2ccnc(C)n2)cc1. The molecule has 86 valence electrons. The molecule has 3 heteroatoms. The summed E-state index contributed by atoms with van der Waals surface area (Å²) >= 11 is 0. The highest BCUT2D eigenvalue weighted by Crippen LogP contribution is 2.19. The highest BCUT2D eigenvalue weighted by Gasteiger charge is 2.00. The van der Waals surface area contributed by atoms with E-state index in [0.717, 1.165) is 28.5 Å². The molecule has 0 saturated carbocycles. The van der Waals surface area contributed by atoms with E-state index >= 15 is 0 Å². The maximum absolute atomic E-state index is 4.38. The fourth-order valence-corrected chi connectivity index (χ4v) is 1.59. The molecule has 2 aromatic rings. The van der Waals surface area contributed by atoms with Gasteiger partial charge in [0.05, 0.1) is 5.69 Å². The number of hydrogen-bond acceptors (Lipinski definition) is 3. The zero-order valence-corrected chi connectivity index (χ0v) is 10.1. The normalized spacial score (nSPS) is 10.0. The van der Waals surface area contributed by atoms with E-state index in [1.54, 1.807) is 6.20 Å². The molecular formula is C14H15N3. The Morgan fingerprint density at radius 3 is 2.47 bits per heavy atom. The quantitative estimate of drug-likeness (QED) is 0.870. The van der Waals surface area contributed by atoms with Crippen LogP contribution in [0.1, 0.15) is 12.7 Å². The van der Waals surface area contributed by atoms with Crippen LogP contribution < -0.4 is 5.32 Å². The van der Waals surface area contributed by atoms with Gasteiger partial charge in [0.25, 0.3) is 0 Å². The van der Waals surface area contributed by atoms with Gasteiger partial charge in [0.2, 0.25) is 0 Å². The second-order valence-electron chi connectivity index (χ2n) is 3.97. The molecule has 0 aliphatic heterocycles. The van der Waals surface area contributed by atoms with Crippen molar-refractivity contribution in [3.8, 4) is 11.3 Å². The van der Waals surface area contributed by atoms with E-state index in [0.29, 0.717) is 0 Å². The van der Waals surface area contributed by atoms with Crippen molar-refractivity contribution >= 4 is 5.69 Å². The highest BCUT2D eigenvalue weighted by atomic mass is 14.9. The second kappa shape index (κ2) is 4.78. The lowest BCUT2D eigenvalue weighted by Gasteiger charge is -2.06. The minimum Gasteiger partial charge on any atom is -0.360 e. The number of rotatable bonds is 3. The third-order valence-corrected chi connectivity index (χ3v) is 2.31. The van der Waals surface area contributed by atoms with Crippen molar-refractivity contribution in [2.45, 2.75) is 13.8 Å². The zero-order valence-electron chi connectivity index (χ0n) is 10.1. The molecule has 1 aromatic carbocycles. The molecule has 0 amide bonds. The fraction of sp³-hybridized carbons (Fsp3) is 0.143. The largest absolute Gasteiger partial charge is 0.360 e. The minimum absolute atomic E-state index is 0.784. The monoisotopic (exact) mass is 225 g/mol. The van der Waals surface area contributed by atoms with Gasteiger partial charge in [0.1, 0.15) is 5.82 Å². The van der Waals surface area contributed by atoms with Crippen LogP contribution in [0.25, 0.3) is 11.3 Å². The van der Waals surface area contributed by atoms with Crippen LogP contribution in [0.2, 0.25) is 0 Å². The number of benzene rings is 1. The number of aromatic nitrogens is 2. The molecule has 1 heterocycles. The predicted molar refractivity (Wildman–Crippen MR) is 70.6 cm³/mol. The van der Waals surface area contributed by atoms with Crippen LogP contribution >= 0.6 is 0 Å². The fourth-order valence-electron chi connectivity index (χ4n) is 1.59. The summed E-state index contributed by atoms with van der Waals surface area (Å²) in [6.07, 6.45) is 1.78. The number of allylic oxidation sites excluding steroid dienone is 1. The summed E-state index contributed by atoms with van der Waals surface area (Å²) in [4.78, 5) is 8.47. The Morgan fingerprint density at radius 2 is 1.88 bits per heavy atom. The predicted octanol–water partition coefficient (Wildman–Crippen LogP) is 3.40. The number of aryl methyl sites for hydroxylation is 1. The summed E-state index contributed by atoms with van der Waals surface area (Å²) in [5.74, 6) is 0.784. The molecule has 0 spiro atoms. The summed E-state index contributed by atoms with van der Waals surface area (Å²) in [6, 6.07) is 10.0. The van der Waals surface area contributed by atoms with Gasteiger partial charge in [0, 0.05) is 23.1 Å². The molecule has 0 atom stereocenters. The van der Waals surface area contributed by atoms with Crippen molar-refractivity contribution in [3.63, 3.8) is 0 Å². The summed E-state index contributed by atoms with van der Waals surface area (Å²) in [7, 11) is 0. The van der Waals surface area contributed by atoms with Crippen molar-refractivity contribution < 1.29 is 0 Å². The lowest BCUT2D eigenvalue weighted by molar-refractivity contribution is 1.06. The Hall–Kier alpha value is -2.16. The van der Waals surface area contributed by atoms with Gasteiger partial charge in [-0.05, 0) is 32.0 Å². The Labute approximate surface area is 101 Å². The van der Waals surface area contributed by atoms with E-state index in [-0.39, 0.29) is 0 Å². The summed E-state index contributed by atoms with van der Waals surface area (Å²) < 4.78 is 0. The third-order valence-electron chi connectivity index (χ3n) is 2.31. The molecule has 0 saturated heterocycles. The van der Waals surface area contributed by atoms with Crippen LogP contribution in [-0.2, 0) is 0 Å². The smallest absolute Gasteiger partial charge is 0.125 e. The first-order chi connectivity index (χ1) is 8.15. The van der Waals surface area contributed by atoms with Crippen molar-refractivity contribution in [3.05, 3.63) is 54.6 Å². The van der Waals surface area contributed by atoms with E-state index in [2.05, 4.69) is 21.9 Å². The maximum Gasteiger partial charge on any atom is 0.125 e.